The van der Waals surface area contributed by atoms with Gasteiger partial charge in [-0.1, -0.05) is 0 Å². The minimum atomic E-state index is -0.849. The number of ether oxygens (including phenoxy) is 5. The Balaban J connectivity index is 0.000000132. The number of carbonyl (C=O) groups is 5. The van der Waals surface area contributed by atoms with Gasteiger partial charge in [-0.25, -0.2) is 13.6 Å². The molecule has 0 radical (unpaired) electrons. The van der Waals surface area contributed by atoms with Gasteiger partial charge in [0, 0.05) is 88.0 Å². The molecule has 2 N–H and O–H groups in total. The molecule has 0 fully saturated rings. The summed E-state index contributed by atoms with van der Waals surface area (Å²) in [6, 6.07) is 15.5. The lowest BCUT2D eigenvalue weighted by Crippen LogP contribution is -2.17. The van der Waals surface area contributed by atoms with Gasteiger partial charge in [-0.15, -0.1) is 0 Å². The molecule has 15 nitrogen and oxygen atoms in total. The number of furan rings is 2. The summed E-state index contributed by atoms with van der Waals surface area (Å²) in [7, 11) is 3.66. The molecule has 1 amide bonds. The van der Waals surface area contributed by atoms with Gasteiger partial charge in [-0.05, 0) is 55.5 Å². The van der Waals surface area contributed by atoms with Crippen LogP contribution in [0.4, 0.5) is 8.78 Å². The number of benzene rings is 4. The Hall–Kier alpha value is -8.21. The molecular formula is C47H35F2N3O12. The third kappa shape index (κ3) is 7.35. The van der Waals surface area contributed by atoms with Crippen molar-refractivity contribution in [3.8, 4) is 23.0 Å². The Labute approximate surface area is 360 Å². The molecule has 324 valence electrons. The van der Waals surface area contributed by atoms with Crippen LogP contribution in [0, 0.1) is 11.6 Å². The van der Waals surface area contributed by atoms with Crippen molar-refractivity contribution in [3.63, 3.8) is 0 Å². The van der Waals surface area contributed by atoms with E-state index in [2.05, 4.69) is 0 Å². The first kappa shape index (κ1) is 41.2. The van der Waals surface area contributed by atoms with Gasteiger partial charge in [-0.2, -0.15) is 0 Å². The van der Waals surface area contributed by atoms with Crippen LogP contribution in [0.1, 0.15) is 40.4 Å². The Morgan fingerprint density at radius 3 is 1.83 bits per heavy atom. The standard InChI is InChI=1S/C23H14FNO5.C14H13NO5.C10H8FNO2/c1-25-8-14(12-5-20-21(6-16(12)25)30-10-29-20)22-17(26)7-18(27)23(22)15-9-28-19-3-2-11(24)4-13(15)19;1-3-18-14(17)13(16)9-6-15(2)10-5-12-11(4-8(9)10)19-7-20-12;11-7-1-2-9-8(4-7)6(5-14-9)3-10(12)13/h2-6,8-9H,7,10H2,1H3;4-6H,3,7H2,1-2H3;1-2,4-5H,3H2,(H2,12,13). The summed E-state index contributed by atoms with van der Waals surface area (Å²) in [4.78, 5) is 60.2. The average Bonchev–Trinajstić information content (AvgIpc) is 4.15. The second kappa shape index (κ2) is 16.2. The predicted molar refractivity (Wildman–Crippen MR) is 226 cm³/mol. The van der Waals surface area contributed by atoms with E-state index in [1.807, 2.05) is 29.9 Å². The van der Waals surface area contributed by atoms with Crippen LogP contribution in [0.3, 0.4) is 0 Å². The fourth-order valence-electron chi connectivity index (χ4n) is 7.97. The van der Waals surface area contributed by atoms with E-state index in [-0.39, 0.29) is 56.0 Å². The lowest BCUT2D eigenvalue weighted by atomic mass is 9.95. The smallest absolute Gasteiger partial charge is 0.379 e. The molecule has 4 aromatic heterocycles. The van der Waals surface area contributed by atoms with Crippen molar-refractivity contribution < 1.29 is 65.3 Å². The number of halogens is 2. The first-order valence-electron chi connectivity index (χ1n) is 19.7. The topological polar surface area (TPSA) is 194 Å². The van der Waals surface area contributed by atoms with Crippen molar-refractivity contribution in [2.45, 2.75) is 19.8 Å². The fraction of sp³-hybridized carbons (Fsp3) is 0.170. The van der Waals surface area contributed by atoms with E-state index in [1.54, 1.807) is 36.9 Å². The molecule has 6 heterocycles. The highest BCUT2D eigenvalue weighted by Crippen LogP contribution is 2.45. The molecule has 0 saturated heterocycles. The minimum absolute atomic E-state index is 0.0659. The molecule has 0 spiro atoms. The lowest BCUT2D eigenvalue weighted by Gasteiger charge is -2.05. The number of Topliss-reactive ketones (excluding diaryl/α,β-unsaturated/α-hetero) is 3. The van der Waals surface area contributed by atoms with Gasteiger partial charge >= 0.3 is 5.97 Å². The lowest BCUT2D eigenvalue weighted by molar-refractivity contribution is -0.137. The summed E-state index contributed by atoms with van der Waals surface area (Å²) in [5, 5.41) is 2.48. The maximum absolute atomic E-state index is 13.9. The second-order valence-corrected chi connectivity index (χ2v) is 14.9. The van der Waals surface area contributed by atoms with Crippen LogP contribution in [0.25, 0.3) is 54.9 Å². The second-order valence-electron chi connectivity index (χ2n) is 14.9. The van der Waals surface area contributed by atoms with Gasteiger partial charge in [0.2, 0.25) is 19.5 Å². The number of primary amides is 1. The summed E-state index contributed by atoms with van der Waals surface area (Å²) in [6.07, 6.45) is 6.10. The Kier molecular flexibility index (Phi) is 10.4. The number of ketones is 3. The number of rotatable bonds is 7. The normalized spacial score (nSPS) is 13.8. The van der Waals surface area contributed by atoms with Crippen molar-refractivity contribution in [1.82, 2.24) is 9.13 Å². The third-order valence-corrected chi connectivity index (χ3v) is 10.9. The van der Waals surface area contributed by atoms with Gasteiger partial charge in [0.05, 0.1) is 48.6 Å². The number of nitrogens with two attached hydrogens (primary N) is 1. The first-order chi connectivity index (χ1) is 30.8. The molecule has 17 heteroatoms. The number of esters is 1. The van der Waals surface area contributed by atoms with E-state index in [0.717, 1.165) is 16.4 Å². The predicted octanol–water partition coefficient (Wildman–Crippen LogP) is 7.50. The quantitative estimate of drug-likeness (QED) is 0.0719. The van der Waals surface area contributed by atoms with Crippen LogP contribution in [-0.4, -0.2) is 58.6 Å². The number of carbonyl (C=O) groups excluding carboxylic acids is 5. The number of aromatic nitrogens is 2. The largest absolute Gasteiger partial charge is 0.464 e. The molecule has 0 atom stereocenters. The van der Waals surface area contributed by atoms with Crippen LogP contribution in [0.15, 0.2) is 94.4 Å². The minimum Gasteiger partial charge on any atom is -0.464 e. The van der Waals surface area contributed by atoms with Gasteiger partial charge in [0.15, 0.2) is 34.6 Å². The summed E-state index contributed by atoms with van der Waals surface area (Å²) in [5.41, 5.74) is 10.2. The van der Waals surface area contributed by atoms with E-state index in [0.29, 0.717) is 78.1 Å². The summed E-state index contributed by atoms with van der Waals surface area (Å²) in [6.45, 7) is 2.12. The maximum atomic E-state index is 13.9. The molecular weight excluding hydrogens is 837 g/mol. The van der Waals surface area contributed by atoms with Gasteiger partial charge in [-0.3, -0.25) is 19.2 Å². The summed E-state index contributed by atoms with van der Waals surface area (Å²) >= 11 is 0. The average molecular weight is 872 g/mol. The Morgan fingerprint density at radius 1 is 0.672 bits per heavy atom. The van der Waals surface area contributed by atoms with Gasteiger partial charge in [0.1, 0.15) is 22.8 Å². The van der Waals surface area contributed by atoms with Crippen LogP contribution in [-0.2, 0) is 44.4 Å². The van der Waals surface area contributed by atoms with Crippen molar-refractivity contribution in [1.29, 1.82) is 0 Å². The van der Waals surface area contributed by atoms with Gasteiger partial charge in [0.25, 0.3) is 5.78 Å². The number of aryl methyl sites for hydroxylation is 2. The molecule has 4 aromatic carbocycles. The number of hydrogen-bond acceptors (Lipinski definition) is 12. The number of nitrogens with zero attached hydrogens (tertiary/aromatic N) is 2. The Bertz CT molecular complexity index is 3310. The first-order valence-corrected chi connectivity index (χ1v) is 19.7. The highest BCUT2D eigenvalue weighted by atomic mass is 19.1. The molecule has 11 rings (SSSR count). The highest BCUT2D eigenvalue weighted by molar-refractivity contribution is 6.52. The van der Waals surface area contributed by atoms with Gasteiger partial charge < -0.3 is 47.4 Å². The van der Waals surface area contributed by atoms with E-state index in [1.165, 1.54) is 48.9 Å². The van der Waals surface area contributed by atoms with E-state index in [4.69, 9.17) is 38.3 Å². The van der Waals surface area contributed by atoms with E-state index < -0.39 is 23.5 Å². The highest BCUT2D eigenvalue weighted by Gasteiger charge is 2.36. The molecule has 0 unspecified atom stereocenters. The van der Waals surface area contributed by atoms with Crippen molar-refractivity contribution in [2.24, 2.45) is 19.8 Å². The maximum Gasteiger partial charge on any atom is 0.379 e. The molecule has 64 heavy (non-hydrogen) atoms. The zero-order valence-corrected chi connectivity index (χ0v) is 34.2. The fourth-order valence-corrected chi connectivity index (χ4v) is 7.97. The molecule has 8 aromatic rings. The van der Waals surface area contributed by atoms with Crippen molar-refractivity contribution >= 4 is 84.1 Å². The van der Waals surface area contributed by atoms with E-state index in [9.17, 15) is 32.8 Å². The van der Waals surface area contributed by atoms with Crippen LogP contribution in [0.2, 0.25) is 0 Å². The number of amides is 1. The number of allylic oxidation sites excluding steroid dienone is 2. The molecule has 3 aliphatic rings. The monoisotopic (exact) mass is 871 g/mol. The molecule has 1 aliphatic carbocycles. The summed E-state index contributed by atoms with van der Waals surface area (Å²) < 4.78 is 67.4. The number of hydrogen-bond donors (Lipinski definition) is 1. The molecule has 0 saturated carbocycles. The van der Waals surface area contributed by atoms with Crippen molar-refractivity contribution in [3.05, 3.63) is 119 Å². The third-order valence-electron chi connectivity index (χ3n) is 10.9. The van der Waals surface area contributed by atoms with Crippen LogP contribution in [0.5, 0.6) is 23.0 Å². The SMILES string of the molecule is CCOC(=O)C(=O)c1cn(C)c2cc3c(cc12)OCO3.Cn1cc(C2=C(c3coc4ccc(F)cc34)C(=O)CC2=O)c2cc3c(cc21)OCO3.NC(=O)Cc1coc2ccc(F)cc12. The van der Waals surface area contributed by atoms with Crippen molar-refractivity contribution in [2.75, 3.05) is 20.2 Å². The van der Waals surface area contributed by atoms with Crippen LogP contribution < -0.4 is 24.7 Å². The number of fused-ring (bicyclic) bond motifs is 6. The zero-order valence-electron chi connectivity index (χ0n) is 34.2. The van der Waals surface area contributed by atoms with E-state index >= 15 is 0 Å². The molecule has 0 bridgehead atoms. The Morgan fingerprint density at radius 2 is 1.20 bits per heavy atom. The van der Waals surface area contributed by atoms with Crippen LogP contribution >= 0.6 is 0 Å². The zero-order chi connectivity index (χ0) is 45.0. The molecule has 2 aliphatic heterocycles. The summed E-state index contributed by atoms with van der Waals surface area (Å²) in [5.74, 6) is -0.919.